The van der Waals surface area contributed by atoms with Crippen LogP contribution in [0.25, 0.3) is 16.9 Å². The highest BCUT2D eigenvalue weighted by Crippen LogP contribution is 2.32. The first-order chi connectivity index (χ1) is 16.6. The third-order valence-corrected chi connectivity index (χ3v) is 5.13. The van der Waals surface area contributed by atoms with Crippen LogP contribution in [0.15, 0.2) is 48.5 Å². The molecule has 0 radical (unpaired) electrons. The third-order valence-electron chi connectivity index (χ3n) is 5.13. The summed E-state index contributed by atoms with van der Waals surface area (Å²) in [6, 6.07) is 10.5. The maximum absolute atomic E-state index is 14.8. The lowest BCUT2D eigenvalue weighted by Gasteiger charge is -2.12. The van der Waals surface area contributed by atoms with Gasteiger partial charge in [-0.05, 0) is 31.2 Å². The van der Waals surface area contributed by atoms with Crippen LogP contribution in [0.4, 0.5) is 23.4 Å². The fourth-order valence-electron chi connectivity index (χ4n) is 3.61. The highest BCUT2D eigenvalue weighted by molar-refractivity contribution is 5.97. The summed E-state index contributed by atoms with van der Waals surface area (Å²) in [4.78, 5) is 24.0. The van der Waals surface area contributed by atoms with Crippen molar-refractivity contribution in [3.05, 3.63) is 54.3 Å². The molecule has 2 aromatic carbocycles. The van der Waals surface area contributed by atoms with E-state index in [1.807, 2.05) is 0 Å². The lowest BCUT2D eigenvalue weighted by atomic mass is 10.1. The van der Waals surface area contributed by atoms with Crippen LogP contribution in [0.5, 0.6) is 11.5 Å². The van der Waals surface area contributed by atoms with Crippen molar-refractivity contribution in [2.24, 2.45) is 5.92 Å². The molecule has 0 spiro atoms. The summed E-state index contributed by atoms with van der Waals surface area (Å²) in [5.41, 5.74) is 0.353. The van der Waals surface area contributed by atoms with Gasteiger partial charge in [0.25, 0.3) is 0 Å². The fraction of sp³-hybridized carbons (Fsp3) is 0.261. The van der Waals surface area contributed by atoms with Crippen LogP contribution >= 0.6 is 0 Å². The molecular formula is C23H20F4N4O4. The van der Waals surface area contributed by atoms with Crippen LogP contribution in [0, 0.1) is 11.7 Å². The van der Waals surface area contributed by atoms with Crippen molar-refractivity contribution in [2.75, 3.05) is 18.5 Å². The van der Waals surface area contributed by atoms with E-state index in [1.165, 1.54) is 36.4 Å². The molecule has 2 N–H and O–H groups in total. The summed E-state index contributed by atoms with van der Waals surface area (Å²) in [5, 5.41) is 9.42. The number of hydrogen-bond acceptors (Lipinski definition) is 5. The second kappa shape index (κ2) is 9.65. The van der Waals surface area contributed by atoms with Gasteiger partial charge in [0.05, 0.1) is 18.2 Å². The summed E-state index contributed by atoms with van der Waals surface area (Å²) in [7, 11) is 0. The molecular weight excluding hydrogens is 472 g/mol. The van der Waals surface area contributed by atoms with Gasteiger partial charge in [0, 0.05) is 30.7 Å². The molecule has 8 nitrogen and oxygen atoms in total. The minimum atomic E-state index is -4.90. The van der Waals surface area contributed by atoms with Gasteiger partial charge in [0.1, 0.15) is 23.0 Å². The van der Waals surface area contributed by atoms with Crippen molar-refractivity contribution in [1.29, 1.82) is 0 Å². The van der Waals surface area contributed by atoms with Crippen molar-refractivity contribution in [3.63, 3.8) is 0 Å². The molecule has 0 bridgehead atoms. The minimum absolute atomic E-state index is 0.0151. The number of nitrogens with one attached hydrogen (secondary N) is 2. The van der Waals surface area contributed by atoms with Crippen molar-refractivity contribution in [3.8, 4) is 28.4 Å². The Kier molecular flexibility index (Phi) is 6.63. The Bertz CT molecular complexity index is 1260. The number of aromatic nitrogens is 2. The van der Waals surface area contributed by atoms with Crippen LogP contribution in [-0.4, -0.2) is 41.1 Å². The second-order valence-corrected chi connectivity index (χ2v) is 7.64. The lowest BCUT2D eigenvalue weighted by Crippen LogP contribution is -2.24. The van der Waals surface area contributed by atoms with Gasteiger partial charge in [-0.2, -0.15) is 0 Å². The van der Waals surface area contributed by atoms with E-state index in [4.69, 9.17) is 4.74 Å². The molecule has 35 heavy (non-hydrogen) atoms. The molecule has 1 fully saturated rings. The molecule has 184 valence electrons. The normalized spacial score (nSPS) is 15.6. The van der Waals surface area contributed by atoms with Gasteiger partial charge in [-0.15, -0.1) is 18.3 Å². The van der Waals surface area contributed by atoms with Gasteiger partial charge in [0.2, 0.25) is 11.8 Å². The highest BCUT2D eigenvalue weighted by Gasteiger charge is 2.31. The van der Waals surface area contributed by atoms with Crippen LogP contribution < -0.4 is 20.1 Å². The van der Waals surface area contributed by atoms with Crippen LogP contribution in [0.3, 0.4) is 0 Å². The van der Waals surface area contributed by atoms with E-state index < -0.39 is 29.8 Å². The number of anilines is 1. The quantitative estimate of drug-likeness (QED) is 0.486. The van der Waals surface area contributed by atoms with Gasteiger partial charge < -0.3 is 20.1 Å². The number of rotatable bonds is 7. The van der Waals surface area contributed by atoms with Gasteiger partial charge in [-0.25, -0.2) is 9.07 Å². The first-order valence-electron chi connectivity index (χ1n) is 10.6. The zero-order chi connectivity index (χ0) is 25.2. The minimum Gasteiger partial charge on any atom is -0.494 e. The molecule has 12 heteroatoms. The van der Waals surface area contributed by atoms with Gasteiger partial charge in [0.15, 0.2) is 5.82 Å². The number of carbonyl (C=O) groups is 2. The molecule has 3 aromatic rings. The molecule has 1 saturated heterocycles. The summed E-state index contributed by atoms with van der Waals surface area (Å²) >= 11 is 0. The number of hydrogen-bond donors (Lipinski definition) is 2. The first-order valence-corrected chi connectivity index (χ1v) is 10.6. The Morgan fingerprint density at radius 1 is 1.20 bits per heavy atom. The Hall–Kier alpha value is -4.09. The Morgan fingerprint density at radius 3 is 2.69 bits per heavy atom. The molecule has 1 atom stereocenters. The van der Waals surface area contributed by atoms with Gasteiger partial charge >= 0.3 is 6.36 Å². The summed E-state index contributed by atoms with van der Waals surface area (Å²) < 4.78 is 63.6. The number of amides is 2. The van der Waals surface area contributed by atoms with Crippen molar-refractivity contribution < 1.29 is 36.6 Å². The monoisotopic (exact) mass is 492 g/mol. The predicted molar refractivity (Wildman–Crippen MR) is 117 cm³/mol. The van der Waals surface area contributed by atoms with E-state index in [1.54, 1.807) is 6.92 Å². The average molecular weight is 492 g/mol. The standard InChI is InChI=1S/C23H20F4N4O4/c1-2-34-15-6-7-17(24)19(10-15)31-18(13-4-3-5-16(8-13)35-23(25,26)27)11-20(30-31)29-22(33)14-9-21(32)28-12-14/h3-8,10-11,14H,2,9,12H2,1H3,(H,28,32)(H,29,30,33)/t14-/m0/s1. The molecule has 1 aliphatic heterocycles. The molecule has 2 amide bonds. The maximum atomic E-state index is 14.8. The zero-order valence-electron chi connectivity index (χ0n) is 18.4. The SMILES string of the molecule is CCOc1ccc(F)c(-n2nc(NC(=O)[C@@H]3CNC(=O)C3)cc2-c2cccc(OC(F)(F)F)c2)c1. The average Bonchev–Trinajstić information content (AvgIpc) is 3.41. The number of ether oxygens (including phenoxy) is 2. The Balaban J connectivity index is 1.76. The molecule has 4 rings (SSSR count). The Morgan fingerprint density at radius 2 is 2.00 bits per heavy atom. The van der Waals surface area contributed by atoms with E-state index in [0.717, 1.165) is 16.8 Å². The molecule has 0 unspecified atom stereocenters. The fourth-order valence-corrected chi connectivity index (χ4v) is 3.61. The van der Waals surface area contributed by atoms with Crippen LogP contribution in [0.1, 0.15) is 13.3 Å². The van der Waals surface area contributed by atoms with E-state index in [0.29, 0.717) is 12.4 Å². The molecule has 1 aromatic heterocycles. The smallest absolute Gasteiger partial charge is 0.494 e. The number of halogens is 4. The van der Waals surface area contributed by atoms with Gasteiger partial charge in [-0.1, -0.05) is 12.1 Å². The number of nitrogens with zero attached hydrogens (tertiary/aromatic N) is 2. The van der Waals surface area contributed by atoms with Crippen LogP contribution in [-0.2, 0) is 9.59 Å². The van der Waals surface area contributed by atoms with Crippen LogP contribution in [0.2, 0.25) is 0 Å². The van der Waals surface area contributed by atoms with Crippen molar-refractivity contribution >= 4 is 17.6 Å². The number of carbonyl (C=O) groups excluding carboxylic acids is 2. The maximum Gasteiger partial charge on any atom is 0.573 e. The Labute approximate surface area is 196 Å². The van der Waals surface area contributed by atoms with E-state index in [9.17, 15) is 27.2 Å². The van der Waals surface area contributed by atoms with Crippen molar-refractivity contribution in [1.82, 2.24) is 15.1 Å². The summed E-state index contributed by atoms with van der Waals surface area (Å²) in [6.07, 6.45) is -4.88. The van der Waals surface area contributed by atoms with E-state index in [2.05, 4.69) is 20.5 Å². The summed E-state index contributed by atoms with van der Waals surface area (Å²) in [6.45, 7) is 2.24. The second-order valence-electron chi connectivity index (χ2n) is 7.64. The van der Waals surface area contributed by atoms with Crippen molar-refractivity contribution in [2.45, 2.75) is 19.7 Å². The largest absolute Gasteiger partial charge is 0.573 e. The molecule has 1 aliphatic rings. The lowest BCUT2D eigenvalue weighted by molar-refractivity contribution is -0.274. The molecule has 2 heterocycles. The third kappa shape index (κ3) is 5.70. The van der Waals surface area contributed by atoms with Gasteiger partial charge in [-0.3, -0.25) is 9.59 Å². The number of alkyl halides is 3. The predicted octanol–water partition coefficient (Wildman–Crippen LogP) is 4.05. The zero-order valence-corrected chi connectivity index (χ0v) is 18.4. The molecule has 0 saturated carbocycles. The van der Waals surface area contributed by atoms with E-state index >= 15 is 0 Å². The topological polar surface area (TPSA) is 94.5 Å². The summed E-state index contributed by atoms with van der Waals surface area (Å²) in [5.74, 6) is -2.13. The highest BCUT2D eigenvalue weighted by atomic mass is 19.4. The van der Waals surface area contributed by atoms with E-state index in [-0.39, 0.29) is 41.6 Å². The number of benzene rings is 2. The molecule has 0 aliphatic carbocycles. The first kappa shape index (κ1) is 24.0.